The summed E-state index contributed by atoms with van der Waals surface area (Å²) in [6.07, 6.45) is 0. The van der Waals surface area contributed by atoms with Gasteiger partial charge in [-0.25, -0.2) is 8.42 Å². The van der Waals surface area contributed by atoms with Crippen LogP contribution in [0.15, 0.2) is 94.0 Å². The lowest BCUT2D eigenvalue weighted by atomic mass is 10.2. The molecule has 0 aliphatic rings. The lowest BCUT2D eigenvalue weighted by Crippen LogP contribution is -2.26. The van der Waals surface area contributed by atoms with Gasteiger partial charge in [0.15, 0.2) is 5.69 Å². The molecule has 162 valence electrons. The van der Waals surface area contributed by atoms with Crippen LogP contribution in [0.1, 0.15) is 10.4 Å². The summed E-state index contributed by atoms with van der Waals surface area (Å²) in [5.41, 5.74) is 1.61. The number of rotatable bonds is 5. The number of azo groups is 1. The Balaban J connectivity index is 1.56. The zero-order valence-corrected chi connectivity index (χ0v) is 18.2. The van der Waals surface area contributed by atoms with Gasteiger partial charge in [0.05, 0.1) is 16.1 Å². The molecule has 4 aromatic rings. The fourth-order valence-corrected chi connectivity index (χ4v) is 4.53. The summed E-state index contributed by atoms with van der Waals surface area (Å²) in [5.74, 6) is -0.705. The molecule has 8 nitrogen and oxygen atoms in total. The molecule has 0 saturated heterocycles. The van der Waals surface area contributed by atoms with Crippen LogP contribution in [-0.2, 0) is 17.1 Å². The van der Waals surface area contributed by atoms with Crippen LogP contribution in [0.3, 0.4) is 0 Å². The number of carbonyl (C=O) groups excluding carboxylic acids is 1. The van der Waals surface area contributed by atoms with Crippen LogP contribution in [0.25, 0.3) is 10.9 Å². The highest BCUT2D eigenvalue weighted by molar-refractivity contribution is 7.92. The molecule has 1 aromatic heterocycles. The second-order valence-electron chi connectivity index (χ2n) is 7.09. The van der Waals surface area contributed by atoms with Gasteiger partial charge < -0.3 is 9.67 Å². The number of amides is 1. The van der Waals surface area contributed by atoms with Crippen molar-refractivity contribution in [1.82, 2.24) is 4.57 Å². The molecule has 0 radical (unpaired) electrons. The maximum atomic E-state index is 12.8. The van der Waals surface area contributed by atoms with Gasteiger partial charge in [-0.3, -0.25) is 9.10 Å². The first-order chi connectivity index (χ1) is 15.3. The standard InChI is InChI=1S/C23H20N4O4S/c1-26-20-11-7-6-10-19(20)21(23(26)29)24-25-22(28)16-12-14-17(15-13-16)27(2)32(30,31)18-8-4-3-5-9-18/h3-15,29H,1-2H3. The minimum Gasteiger partial charge on any atom is -0.493 e. The van der Waals surface area contributed by atoms with E-state index in [-0.39, 0.29) is 22.0 Å². The number of hydrogen-bond donors (Lipinski definition) is 1. The average molecular weight is 449 g/mol. The largest absolute Gasteiger partial charge is 0.493 e. The third kappa shape index (κ3) is 3.74. The molecule has 0 fully saturated rings. The Morgan fingerprint density at radius 1 is 0.938 bits per heavy atom. The van der Waals surface area contributed by atoms with Crippen molar-refractivity contribution in [3.8, 4) is 5.88 Å². The molecule has 4 rings (SSSR count). The Morgan fingerprint density at radius 2 is 1.56 bits per heavy atom. The fraction of sp³-hybridized carbons (Fsp3) is 0.0870. The van der Waals surface area contributed by atoms with Gasteiger partial charge in [0.1, 0.15) is 0 Å². The Morgan fingerprint density at radius 3 is 2.25 bits per heavy atom. The van der Waals surface area contributed by atoms with E-state index in [1.165, 1.54) is 43.4 Å². The number of sulfonamides is 1. The molecule has 0 bridgehead atoms. The van der Waals surface area contributed by atoms with E-state index < -0.39 is 15.9 Å². The number of aromatic nitrogens is 1. The van der Waals surface area contributed by atoms with Gasteiger partial charge in [0.2, 0.25) is 5.88 Å². The number of para-hydroxylation sites is 1. The first-order valence-corrected chi connectivity index (χ1v) is 11.1. The zero-order valence-electron chi connectivity index (χ0n) is 17.4. The van der Waals surface area contributed by atoms with Gasteiger partial charge >= 0.3 is 0 Å². The number of aromatic hydroxyl groups is 1. The van der Waals surface area contributed by atoms with E-state index in [1.807, 2.05) is 12.1 Å². The third-order valence-electron chi connectivity index (χ3n) is 5.17. The minimum absolute atomic E-state index is 0.0918. The van der Waals surface area contributed by atoms with Crippen molar-refractivity contribution in [1.29, 1.82) is 0 Å². The normalized spacial score (nSPS) is 11.8. The van der Waals surface area contributed by atoms with Crippen LogP contribution in [0.2, 0.25) is 0 Å². The van der Waals surface area contributed by atoms with Gasteiger partial charge in [0, 0.05) is 25.0 Å². The molecular formula is C23H20N4O4S. The fourth-order valence-electron chi connectivity index (χ4n) is 3.31. The molecule has 0 aliphatic carbocycles. The van der Waals surface area contributed by atoms with Crippen molar-refractivity contribution in [3.63, 3.8) is 0 Å². The van der Waals surface area contributed by atoms with Crippen molar-refractivity contribution < 1.29 is 18.3 Å². The van der Waals surface area contributed by atoms with E-state index in [1.54, 1.807) is 41.9 Å². The number of hydrogen-bond acceptors (Lipinski definition) is 5. The first kappa shape index (κ1) is 21.3. The van der Waals surface area contributed by atoms with E-state index in [4.69, 9.17) is 0 Å². The van der Waals surface area contributed by atoms with Crippen LogP contribution < -0.4 is 4.31 Å². The van der Waals surface area contributed by atoms with Crippen molar-refractivity contribution in [3.05, 3.63) is 84.4 Å². The predicted molar refractivity (Wildman–Crippen MR) is 122 cm³/mol. The van der Waals surface area contributed by atoms with E-state index in [9.17, 15) is 18.3 Å². The van der Waals surface area contributed by atoms with E-state index in [0.29, 0.717) is 11.1 Å². The van der Waals surface area contributed by atoms with E-state index in [0.717, 1.165) is 9.82 Å². The summed E-state index contributed by atoms with van der Waals surface area (Å²) in [5, 5.41) is 18.7. The smallest absolute Gasteiger partial charge is 0.295 e. The molecule has 0 saturated carbocycles. The van der Waals surface area contributed by atoms with E-state index in [2.05, 4.69) is 10.2 Å². The molecule has 9 heteroatoms. The quantitative estimate of drug-likeness (QED) is 0.449. The number of fused-ring (bicyclic) bond motifs is 1. The van der Waals surface area contributed by atoms with Crippen LogP contribution in [0.5, 0.6) is 5.88 Å². The predicted octanol–water partition coefficient (Wildman–Crippen LogP) is 4.63. The molecule has 1 N–H and O–H groups in total. The number of aryl methyl sites for hydroxylation is 1. The number of benzene rings is 3. The van der Waals surface area contributed by atoms with Gasteiger partial charge in [-0.1, -0.05) is 36.4 Å². The highest BCUT2D eigenvalue weighted by Crippen LogP contribution is 2.37. The topological polar surface area (TPSA) is 104 Å². The van der Waals surface area contributed by atoms with Crippen molar-refractivity contribution in [2.24, 2.45) is 17.3 Å². The van der Waals surface area contributed by atoms with Gasteiger partial charge in [-0.05, 0) is 42.5 Å². The summed E-state index contributed by atoms with van der Waals surface area (Å²) >= 11 is 0. The molecule has 3 aromatic carbocycles. The van der Waals surface area contributed by atoms with Crippen molar-refractivity contribution in [2.75, 3.05) is 11.4 Å². The maximum Gasteiger partial charge on any atom is 0.295 e. The van der Waals surface area contributed by atoms with Crippen LogP contribution >= 0.6 is 0 Å². The second kappa shape index (κ2) is 8.27. The second-order valence-corrected chi connectivity index (χ2v) is 9.06. The highest BCUT2D eigenvalue weighted by Gasteiger charge is 2.21. The third-order valence-corrected chi connectivity index (χ3v) is 6.97. The summed E-state index contributed by atoms with van der Waals surface area (Å²) in [4.78, 5) is 12.7. The Labute approximate surface area is 185 Å². The SMILES string of the molecule is CN(c1ccc(C(=O)N=Nc2c(O)n(C)c3ccccc23)cc1)S(=O)(=O)c1ccccc1. The molecule has 1 amide bonds. The zero-order chi connectivity index (χ0) is 22.9. The molecular weight excluding hydrogens is 428 g/mol. The Hall–Kier alpha value is -3.98. The van der Waals surface area contributed by atoms with Crippen LogP contribution in [0, 0.1) is 0 Å². The lowest BCUT2D eigenvalue weighted by Gasteiger charge is -2.19. The van der Waals surface area contributed by atoms with Crippen LogP contribution in [-0.4, -0.2) is 31.0 Å². The molecule has 0 aliphatic heterocycles. The molecule has 0 spiro atoms. The van der Waals surface area contributed by atoms with E-state index >= 15 is 0 Å². The average Bonchev–Trinajstić information content (AvgIpc) is 3.07. The maximum absolute atomic E-state index is 12.8. The lowest BCUT2D eigenvalue weighted by molar-refractivity contribution is 0.0995. The molecule has 1 heterocycles. The first-order valence-electron chi connectivity index (χ1n) is 9.67. The summed E-state index contributed by atoms with van der Waals surface area (Å²) < 4.78 is 28.2. The van der Waals surface area contributed by atoms with Crippen LogP contribution in [0.4, 0.5) is 11.4 Å². The number of anilines is 1. The number of carbonyl (C=O) groups is 1. The van der Waals surface area contributed by atoms with Gasteiger partial charge in [-0.2, -0.15) is 0 Å². The molecule has 0 atom stereocenters. The summed E-state index contributed by atoms with van der Waals surface area (Å²) in [6.45, 7) is 0. The highest BCUT2D eigenvalue weighted by atomic mass is 32.2. The van der Waals surface area contributed by atoms with Crippen molar-refractivity contribution >= 4 is 38.2 Å². The summed E-state index contributed by atoms with van der Waals surface area (Å²) in [7, 11) is -0.580. The number of nitrogens with zero attached hydrogens (tertiary/aromatic N) is 4. The Bertz CT molecular complexity index is 1430. The Kier molecular flexibility index (Phi) is 5.50. The summed E-state index contributed by atoms with van der Waals surface area (Å²) in [6, 6.07) is 21.4. The minimum atomic E-state index is -3.72. The van der Waals surface area contributed by atoms with Gasteiger partial charge in [-0.15, -0.1) is 10.2 Å². The molecule has 0 unspecified atom stereocenters. The monoisotopic (exact) mass is 448 g/mol. The van der Waals surface area contributed by atoms with Gasteiger partial charge in [0.25, 0.3) is 15.9 Å². The molecule has 32 heavy (non-hydrogen) atoms. The van der Waals surface area contributed by atoms with Crippen molar-refractivity contribution in [2.45, 2.75) is 4.90 Å².